The fraction of sp³-hybridized carbons (Fsp3) is 0.571. The molecule has 11 heteroatoms. The van der Waals surface area contributed by atoms with Gasteiger partial charge >= 0.3 is 0 Å². The molecule has 0 aliphatic carbocycles. The van der Waals surface area contributed by atoms with Gasteiger partial charge in [-0.25, -0.2) is 4.98 Å². The van der Waals surface area contributed by atoms with Crippen molar-refractivity contribution in [2.24, 2.45) is 0 Å². The zero-order valence-electron chi connectivity index (χ0n) is 22.3. The van der Waals surface area contributed by atoms with Crippen LogP contribution in [0.2, 0.25) is 5.02 Å². The number of halogens is 1. The Morgan fingerprint density at radius 1 is 1.18 bits per heavy atom. The third-order valence-corrected chi connectivity index (χ3v) is 8.16. The van der Waals surface area contributed by atoms with E-state index in [9.17, 15) is 19.5 Å². The van der Waals surface area contributed by atoms with Crippen LogP contribution in [0.3, 0.4) is 0 Å². The van der Waals surface area contributed by atoms with Crippen LogP contribution in [-0.2, 0) is 20.9 Å². The molecule has 2 amide bonds. The first-order valence-corrected chi connectivity index (χ1v) is 14.2. The van der Waals surface area contributed by atoms with Gasteiger partial charge in [-0.2, -0.15) is 0 Å². The molecule has 10 nitrogen and oxygen atoms in total. The van der Waals surface area contributed by atoms with Gasteiger partial charge in [0, 0.05) is 49.1 Å². The zero-order valence-corrected chi connectivity index (χ0v) is 23.0. The summed E-state index contributed by atoms with van der Waals surface area (Å²) in [6, 6.07) is 6.41. The summed E-state index contributed by atoms with van der Waals surface area (Å²) in [5.74, 6) is -0.0145. The largest absolute Gasteiger partial charge is 0.391 e. The van der Waals surface area contributed by atoms with Gasteiger partial charge < -0.3 is 24.6 Å². The molecule has 2 fully saturated rings. The van der Waals surface area contributed by atoms with Gasteiger partial charge in [-0.05, 0) is 30.7 Å². The number of carbonyl (C=O) groups is 2. The van der Waals surface area contributed by atoms with Crippen molar-refractivity contribution >= 4 is 23.4 Å². The Bertz CT molecular complexity index is 1250. The molecule has 2 aromatic rings. The van der Waals surface area contributed by atoms with Crippen molar-refractivity contribution in [1.29, 1.82) is 0 Å². The van der Waals surface area contributed by atoms with E-state index in [4.69, 9.17) is 21.3 Å². The van der Waals surface area contributed by atoms with E-state index in [1.165, 1.54) is 4.90 Å². The van der Waals surface area contributed by atoms with E-state index in [0.717, 1.165) is 30.5 Å². The third kappa shape index (κ3) is 6.19. The third-order valence-electron chi connectivity index (χ3n) is 7.91. The summed E-state index contributed by atoms with van der Waals surface area (Å²) in [6.45, 7) is 5.45. The van der Waals surface area contributed by atoms with E-state index in [0.29, 0.717) is 49.3 Å². The Balaban J connectivity index is 1.38. The maximum atomic E-state index is 13.9. The minimum atomic E-state index is -0.757. The molecule has 3 atom stereocenters. The SMILES string of the molecule is CCCCC1CN(C(=O)[C@@H]2C[C@@H](O)CN2C(=O)CN2CCOCC2)Cc2c1nc(-c1ccc(Cl)cc1)[nH]c2=O. The van der Waals surface area contributed by atoms with Crippen molar-refractivity contribution < 1.29 is 19.4 Å². The number of hydrogen-bond donors (Lipinski definition) is 2. The van der Waals surface area contributed by atoms with Gasteiger partial charge in [0.15, 0.2) is 0 Å². The normalized spacial score (nSPS) is 23.6. The number of aliphatic hydroxyl groups excluding tert-OH is 1. The summed E-state index contributed by atoms with van der Waals surface area (Å²) in [4.78, 5) is 53.3. The number of aromatic amines is 1. The number of morpholine rings is 1. The molecule has 1 aromatic heterocycles. The number of rotatable bonds is 7. The van der Waals surface area contributed by atoms with Crippen molar-refractivity contribution in [2.75, 3.05) is 45.9 Å². The second kappa shape index (κ2) is 12.2. The number of likely N-dealkylation sites (tertiary alicyclic amines) is 1. The summed E-state index contributed by atoms with van der Waals surface area (Å²) in [5.41, 5.74) is 1.71. The van der Waals surface area contributed by atoms with E-state index in [1.807, 2.05) is 17.0 Å². The Kier molecular flexibility index (Phi) is 8.66. The molecule has 0 spiro atoms. The number of amides is 2. The van der Waals surface area contributed by atoms with E-state index in [-0.39, 0.29) is 49.3 Å². The van der Waals surface area contributed by atoms with Gasteiger partial charge in [0.2, 0.25) is 11.8 Å². The fourth-order valence-corrected chi connectivity index (χ4v) is 5.91. The van der Waals surface area contributed by atoms with Crippen LogP contribution in [0.15, 0.2) is 29.1 Å². The number of aliphatic hydroxyl groups is 1. The van der Waals surface area contributed by atoms with E-state index in [2.05, 4.69) is 11.9 Å². The predicted molar refractivity (Wildman–Crippen MR) is 146 cm³/mol. The highest BCUT2D eigenvalue weighted by molar-refractivity contribution is 6.30. The fourth-order valence-electron chi connectivity index (χ4n) is 5.78. The highest BCUT2D eigenvalue weighted by atomic mass is 35.5. The number of aromatic nitrogens is 2. The van der Waals surface area contributed by atoms with E-state index in [1.54, 1.807) is 17.0 Å². The number of fused-ring (bicyclic) bond motifs is 1. The molecule has 39 heavy (non-hydrogen) atoms. The number of ether oxygens (including phenoxy) is 1. The van der Waals surface area contributed by atoms with Crippen LogP contribution in [0.1, 0.15) is 49.8 Å². The lowest BCUT2D eigenvalue weighted by Crippen LogP contribution is -2.53. The quantitative estimate of drug-likeness (QED) is 0.534. The molecule has 210 valence electrons. The second-order valence-corrected chi connectivity index (χ2v) is 11.1. The standard InChI is InChI=1S/C28H36ClN5O5/c1-2-3-4-19-14-33(16-22-25(19)30-26(31-27(22)37)18-5-7-20(29)8-6-18)28(38)23-13-21(35)15-34(23)24(36)17-32-9-11-39-12-10-32/h5-8,19,21,23,35H,2-4,9-17H2,1H3,(H,30,31,37)/t19?,21-,23+/m1/s1. The molecule has 0 saturated carbocycles. The predicted octanol–water partition coefficient (Wildman–Crippen LogP) is 2.00. The Morgan fingerprint density at radius 2 is 1.92 bits per heavy atom. The van der Waals surface area contributed by atoms with E-state index >= 15 is 0 Å². The van der Waals surface area contributed by atoms with E-state index < -0.39 is 12.1 Å². The molecular weight excluding hydrogens is 522 g/mol. The number of nitrogens with zero attached hydrogens (tertiary/aromatic N) is 4. The minimum absolute atomic E-state index is 0.102. The molecule has 0 bridgehead atoms. The van der Waals surface area contributed by atoms with Gasteiger partial charge in [-0.15, -0.1) is 0 Å². The first-order chi connectivity index (χ1) is 18.8. The number of carbonyl (C=O) groups excluding carboxylic acids is 2. The summed E-state index contributed by atoms with van der Waals surface area (Å²) < 4.78 is 5.37. The second-order valence-electron chi connectivity index (χ2n) is 10.7. The van der Waals surface area contributed by atoms with Crippen LogP contribution < -0.4 is 5.56 Å². The van der Waals surface area contributed by atoms with Crippen LogP contribution in [0.5, 0.6) is 0 Å². The average Bonchev–Trinajstić information content (AvgIpc) is 3.34. The van der Waals surface area contributed by atoms with Crippen LogP contribution in [0, 0.1) is 0 Å². The monoisotopic (exact) mass is 557 g/mol. The average molecular weight is 558 g/mol. The number of β-amino-alcohol motifs (C(OH)–C–C–N with tert-alkyl or cyclic N) is 1. The topological polar surface area (TPSA) is 119 Å². The van der Waals surface area contributed by atoms with Gasteiger partial charge in [0.05, 0.1) is 43.7 Å². The van der Waals surface area contributed by atoms with Crippen molar-refractivity contribution in [3.8, 4) is 11.4 Å². The molecule has 1 unspecified atom stereocenters. The lowest BCUT2D eigenvalue weighted by Gasteiger charge is -2.37. The summed E-state index contributed by atoms with van der Waals surface area (Å²) in [5, 5.41) is 11.0. The van der Waals surface area contributed by atoms with Gasteiger partial charge in [0.1, 0.15) is 11.9 Å². The Morgan fingerprint density at radius 3 is 2.64 bits per heavy atom. The number of unbranched alkanes of at least 4 members (excludes halogenated alkanes) is 1. The molecule has 2 saturated heterocycles. The first kappa shape index (κ1) is 27.8. The molecule has 3 aliphatic heterocycles. The Hall–Kier alpha value is -2.79. The van der Waals surface area contributed by atoms with Crippen LogP contribution in [0.4, 0.5) is 0 Å². The lowest BCUT2D eigenvalue weighted by molar-refractivity contribution is -0.145. The minimum Gasteiger partial charge on any atom is -0.391 e. The molecule has 0 radical (unpaired) electrons. The highest BCUT2D eigenvalue weighted by Crippen LogP contribution is 2.32. The maximum Gasteiger partial charge on any atom is 0.256 e. The smallest absolute Gasteiger partial charge is 0.256 e. The van der Waals surface area contributed by atoms with Gasteiger partial charge in [-0.3, -0.25) is 19.3 Å². The van der Waals surface area contributed by atoms with Crippen molar-refractivity contribution in [3.05, 3.63) is 50.9 Å². The van der Waals surface area contributed by atoms with Crippen molar-refractivity contribution in [2.45, 2.75) is 57.2 Å². The van der Waals surface area contributed by atoms with Gasteiger partial charge in [-0.1, -0.05) is 31.4 Å². The lowest BCUT2D eigenvalue weighted by atomic mass is 9.90. The maximum absolute atomic E-state index is 13.9. The van der Waals surface area contributed by atoms with Gasteiger partial charge in [0.25, 0.3) is 5.56 Å². The van der Waals surface area contributed by atoms with Crippen LogP contribution in [-0.4, -0.2) is 99.7 Å². The van der Waals surface area contributed by atoms with Crippen LogP contribution in [0.25, 0.3) is 11.4 Å². The van der Waals surface area contributed by atoms with Crippen molar-refractivity contribution in [1.82, 2.24) is 24.7 Å². The molecular formula is C28H36ClN5O5. The van der Waals surface area contributed by atoms with Crippen LogP contribution >= 0.6 is 11.6 Å². The molecule has 5 rings (SSSR count). The molecule has 4 heterocycles. The summed E-state index contributed by atoms with van der Waals surface area (Å²) in [7, 11) is 0. The number of hydrogen-bond acceptors (Lipinski definition) is 7. The Labute approximate surface area is 232 Å². The van der Waals surface area contributed by atoms with Crippen molar-refractivity contribution in [3.63, 3.8) is 0 Å². The number of benzene rings is 1. The summed E-state index contributed by atoms with van der Waals surface area (Å²) >= 11 is 6.04. The number of nitrogens with one attached hydrogen (secondary N) is 1. The molecule has 3 aliphatic rings. The molecule has 1 aromatic carbocycles. The number of H-pyrrole nitrogens is 1. The zero-order chi connectivity index (χ0) is 27.5. The summed E-state index contributed by atoms with van der Waals surface area (Å²) in [6.07, 6.45) is 2.14. The highest BCUT2D eigenvalue weighted by Gasteiger charge is 2.43. The molecule has 2 N–H and O–H groups in total. The first-order valence-electron chi connectivity index (χ1n) is 13.8.